The fourth-order valence-corrected chi connectivity index (χ4v) is 2.65. The van der Waals surface area contributed by atoms with E-state index >= 15 is 0 Å². The molecule has 0 amide bonds. The molecule has 2 aromatic carbocycles. The lowest BCUT2D eigenvalue weighted by Crippen LogP contribution is -2.05. The summed E-state index contributed by atoms with van der Waals surface area (Å²) < 4.78 is 7.02. The number of carbonyl (C=O) groups is 1. The number of esters is 1. The van der Waals surface area contributed by atoms with Gasteiger partial charge in [-0.05, 0) is 36.6 Å². The van der Waals surface area contributed by atoms with Crippen LogP contribution in [0.15, 0.2) is 60.9 Å². The molecule has 0 N–H and O–H groups in total. The Balaban J connectivity index is 2.12. The number of para-hydroxylation sites is 2. The van der Waals surface area contributed by atoms with E-state index in [0.29, 0.717) is 6.61 Å². The van der Waals surface area contributed by atoms with E-state index in [1.54, 1.807) is 13.3 Å². The fraction of sp³-hybridized carbons (Fsp3) is 0.200. The molecule has 0 aliphatic carbocycles. The average Bonchev–Trinajstić information content (AvgIpc) is 3.04. The normalized spacial score (nSPS) is 11.7. The van der Waals surface area contributed by atoms with Crippen LogP contribution in [0.3, 0.4) is 0 Å². The molecule has 0 atom stereocenters. The SMILES string of the molecule is CCOC(=O)/C=C(\c1ccc(CC)cc1)n1cnc2ccccc21. The van der Waals surface area contributed by atoms with E-state index in [1.165, 1.54) is 11.6 Å². The predicted molar refractivity (Wildman–Crippen MR) is 95.6 cm³/mol. The number of aromatic nitrogens is 2. The van der Waals surface area contributed by atoms with Crippen LogP contribution in [0.1, 0.15) is 25.0 Å². The van der Waals surface area contributed by atoms with Gasteiger partial charge >= 0.3 is 5.97 Å². The highest BCUT2D eigenvalue weighted by Crippen LogP contribution is 2.23. The van der Waals surface area contributed by atoms with Crippen LogP contribution in [0.4, 0.5) is 0 Å². The van der Waals surface area contributed by atoms with E-state index in [0.717, 1.165) is 28.7 Å². The second-order valence-electron chi connectivity index (χ2n) is 5.44. The van der Waals surface area contributed by atoms with Gasteiger partial charge in [-0.15, -0.1) is 0 Å². The number of rotatable bonds is 5. The third-order valence-electron chi connectivity index (χ3n) is 3.91. The summed E-state index contributed by atoms with van der Waals surface area (Å²) in [4.78, 5) is 16.5. The molecule has 0 aliphatic rings. The number of nitrogens with zero attached hydrogens (tertiary/aromatic N) is 2. The minimum absolute atomic E-state index is 0.349. The summed E-state index contributed by atoms with van der Waals surface area (Å²) >= 11 is 0. The molecule has 1 heterocycles. The topological polar surface area (TPSA) is 44.1 Å². The Morgan fingerprint density at radius 3 is 2.58 bits per heavy atom. The van der Waals surface area contributed by atoms with Crippen molar-refractivity contribution in [2.24, 2.45) is 0 Å². The fourth-order valence-electron chi connectivity index (χ4n) is 2.65. The van der Waals surface area contributed by atoms with Crippen molar-refractivity contribution in [1.29, 1.82) is 0 Å². The van der Waals surface area contributed by atoms with E-state index < -0.39 is 0 Å². The van der Waals surface area contributed by atoms with Crippen molar-refractivity contribution in [3.63, 3.8) is 0 Å². The molecule has 0 bridgehead atoms. The molecule has 0 saturated carbocycles. The lowest BCUT2D eigenvalue weighted by molar-refractivity contribution is -0.137. The van der Waals surface area contributed by atoms with Gasteiger partial charge < -0.3 is 4.74 Å². The molecule has 122 valence electrons. The van der Waals surface area contributed by atoms with Crippen molar-refractivity contribution in [2.45, 2.75) is 20.3 Å². The van der Waals surface area contributed by atoms with Crippen LogP contribution < -0.4 is 0 Å². The summed E-state index contributed by atoms with van der Waals surface area (Å²) in [6, 6.07) is 16.1. The molecule has 1 aromatic heterocycles. The zero-order valence-electron chi connectivity index (χ0n) is 13.9. The Bertz CT molecular complexity index is 876. The van der Waals surface area contributed by atoms with Gasteiger partial charge in [-0.25, -0.2) is 9.78 Å². The van der Waals surface area contributed by atoms with Crippen LogP contribution in [0.2, 0.25) is 0 Å². The molecule has 3 rings (SSSR count). The number of fused-ring (bicyclic) bond motifs is 1. The van der Waals surface area contributed by atoms with Crippen molar-refractivity contribution >= 4 is 22.7 Å². The van der Waals surface area contributed by atoms with Crippen molar-refractivity contribution < 1.29 is 9.53 Å². The van der Waals surface area contributed by atoms with Crippen molar-refractivity contribution in [1.82, 2.24) is 9.55 Å². The summed E-state index contributed by atoms with van der Waals surface area (Å²) in [6.07, 6.45) is 4.24. The molecule has 24 heavy (non-hydrogen) atoms. The number of ether oxygens (including phenoxy) is 1. The standard InChI is InChI=1S/C20H20N2O2/c1-3-15-9-11-16(12-10-15)19(13-20(23)24-4-2)22-14-21-17-7-5-6-8-18(17)22/h5-14H,3-4H2,1-2H3/b19-13+. The van der Waals surface area contributed by atoms with Crippen molar-refractivity contribution in [2.75, 3.05) is 6.61 Å². The summed E-state index contributed by atoms with van der Waals surface area (Å²) in [5.74, 6) is -0.357. The lowest BCUT2D eigenvalue weighted by atomic mass is 10.1. The number of carbonyl (C=O) groups excluding carboxylic acids is 1. The van der Waals surface area contributed by atoms with E-state index in [9.17, 15) is 4.79 Å². The maximum absolute atomic E-state index is 12.0. The first-order chi connectivity index (χ1) is 11.7. The first-order valence-electron chi connectivity index (χ1n) is 8.13. The van der Waals surface area contributed by atoms with Gasteiger partial charge in [0.05, 0.1) is 23.3 Å². The first kappa shape index (κ1) is 16.0. The van der Waals surface area contributed by atoms with Crippen LogP contribution in [0.5, 0.6) is 0 Å². The van der Waals surface area contributed by atoms with Gasteiger partial charge in [-0.1, -0.05) is 43.3 Å². The maximum atomic E-state index is 12.0. The lowest BCUT2D eigenvalue weighted by Gasteiger charge is -2.11. The summed E-state index contributed by atoms with van der Waals surface area (Å²) in [5.41, 5.74) is 4.79. The molecule has 0 fully saturated rings. The van der Waals surface area contributed by atoms with E-state index in [-0.39, 0.29) is 5.97 Å². The summed E-state index contributed by atoms with van der Waals surface area (Å²) in [6.45, 7) is 4.27. The molecule has 0 radical (unpaired) electrons. The second-order valence-corrected chi connectivity index (χ2v) is 5.44. The molecular formula is C20H20N2O2. The predicted octanol–water partition coefficient (Wildman–Crippen LogP) is 4.05. The van der Waals surface area contributed by atoms with Gasteiger partial charge in [0.2, 0.25) is 0 Å². The summed E-state index contributed by atoms with van der Waals surface area (Å²) in [5, 5.41) is 0. The Hall–Kier alpha value is -2.88. The van der Waals surface area contributed by atoms with Crippen molar-refractivity contribution in [3.05, 3.63) is 72.1 Å². The van der Waals surface area contributed by atoms with E-state index in [2.05, 4.69) is 24.0 Å². The highest BCUT2D eigenvalue weighted by Gasteiger charge is 2.11. The zero-order valence-corrected chi connectivity index (χ0v) is 13.9. The second kappa shape index (κ2) is 7.13. The molecule has 0 saturated heterocycles. The first-order valence-corrected chi connectivity index (χ1v) is 8.13. The van der Waals surface area contributed by atoms with Gasteiger partial charge in [-0.2, -0.15) is 0 Å². The van der Waals surface area contributed by atoms with Gasteiger partial charge in [0.1, 0.15) is 6.33 Å². The van der Waals surface area contributed by atoms with Gasteiger partial charge in [0, 0.05) is 6.08 Å². The number of benzene rings is 2. The van der Waals surface area contributed by atoms with Crippen molar-refractivity contribution in [3.8, 4) is 0 Å². The largest absolute Gasteiger partial charge is 0.463 e. The van der Waals surface area contributed by atoms with Crippen LogP contribution in [0, 0.1) is 0 Å². The van der Waals surface area contributed by atoms with Gasteiger partial charge in [-0.3, -0.25) is 4.57 Å². The van der Waals surface area contributed by atoms with Crippen LogP contribution in [0.25, 0.3) is 16.7 Å². The minimum Gasteiger partial charge on any atom is -0.463 e. The zero-order chi connectivity index (χ0) is 16.9. The van der Waals surface area contributed by atoms with Crippen LogP contribution in [-0.4, -0.2) is 22.1 Å². The molecule has 4 nitrogen and oxygen atoms in total. The van der Waals surface area contributed by atoms with Crippen LogP contribution in [-0.2, 0) is 16.0 Å². The Kier molecular flexibility index (Phi) is 4.75. The Morgan fingerprint density at radius 2 is 1.88 bits per heavy atom. The quantitative estimate of drug-likeness (QED) is 0.526. The highest BCUT2D eigenvalue weighted by molar-refractivity contribution is 5.93. The third kappa shape index (κ3) is 3.23. The summed E-state index contributed by atoms with van der Waals surface area (Å²) in [7, 11) is 0. The molecule has 4 heteroatoms. The maximum Gasteiger partial charge on any atom is 0.332 e. The third-order valence-corrected chi connectivity index (χ3v) is 3.91. The molecule has 0 aliphatic heterocycles. The highest BCUT2D eigenvalue weighted by atomic mass is 16.5. The monoisotopic (exact) mass is 320 g/mol. The van der Waals surface area contributed by atoms with Crippen LogP contribution >= 0.6 is 0 Å². The van der Waals surface area contributed by atoms with Gasteiger partial charge in [0.15, 0.2) is 0 Å². The number of hydrogen-bond donors (Lipinski definition) is 0. The Morgan fingerprint density at radius 1 is 1.12 bits per heavy atom. The Labute approximate surface area is 141 Å². The van der Waals surface area contributed by atoms with E-state index in [4.69, 9.17) is 4.74 Å². The van der Waals surface area contributed by atoms with E-state index in [1.807, 2.05) is 41.0 Å². The number of aryl methyl sites for hydroxylation is 1. The van der Waals surface area contributed by atoms with Gasteiger partial charge in [0.25, 0.3) is 0 Å². The average molecular weight is 320 g/mol. The smallest absolute Gasteiger partial charge is 0.332 e. The molecule has 0 unspecified atom stereocenters. The number of hydrogen-bond acceptors (Lipinski definition) is 3. The minimum atomic E-state index is -0.357. The molecule has 3 aromatic rings. The number of imidazole rings is 1. The molecular weight excluding hydrogens is 300 g/mol. The molecule has 0 spiro atoms.